The molecule has 0 radical (unpaired) electrons. The summed E-state index contributed by atoms with van der Waals surface area (Å²) in [4.78, 5) is 53.6. The van der Waals surface area contributed by atoms with Gasteiger partial charge in [0.25, 0.3) is 5.91 Å². The van der Waals surface area contributed by atoms with E-state index in [1.807, 2.05) is 55.5 Å². The Morgan fingerprint density at radius 2 is 1.71 bits per heavy atom. The number of anilines is 1. The van der Waals surface area contributed by atoms with Crippen molar-refractivity contribution in [3.8, 4) is 0 Å². The fraction of sp³-hybridized carbons (Fsp3) is 0.312. The zero-order valence-corrected chi connectivity index (χ0v) is 24.0. The number of rotatable bonds is 11. The maximum atomic E-state index is 14.1. The van der Waals surface area contributed by atoms with E-state index in [1.165, 1.54) is 11.0 Å². The Hall–Kier alpha value is -4.66. The van der Waals surface area contributed by atoms with E-state index < -0.39 is 41.5 Å². The van der Waals surface area contributed by atoms with E-state index in [9.17, 15) is 19.2 Å². The maximum absolute atomic E-state index is 14.1. The van der Waals surface area contributed by atoms with Gasteiger partial charge in [0.1, 0.15) is 17.7 Å². The molecule has 0 heterocycles. The first kappa shape index (κ1) is 30.9. The summed E-state index contributed by atoms with van der Waals surface area (Å²) in [5.74, 6) is -1.67. The van der Waals surface area contributed by atoms with E-state index in [0.29, 0.717) is 11.3 Å². The SMILES string of the molecule is C=CCN(C(=O)C(CCC(N)=O)NC(=O)OC(C)(C)C)C(C(=O)Nc1ccc2ccccc2c1)c1cccc(C)c1. The number of benzene rings is 3. The molecular weight excluding hydrogens is 520 g/mol. The number of nitrogens with two attached hydrogens (primary N) is 1. The Labute approximate surface area is 240 Å². The highest BCUT2D eigenvalue weighted by molar-refractivity contribution is 6.00. The predicted octanol–water partition coefficient (Wildman–Crippen LogP) is 5.00. The number of ether oxygens (including phenoxy) is 1. The van der Waals surface area contributed by atoms with Crippen LogP contribution >= 0.6 is 0 Å². The third-order valence-electron chi connectivity index (χ3n) is 6.21. The number of carbonyl (C=O) groups is 4. The first-order chi connectivity index (χ1) is 19.4. The van der Waals surface area contributed by atoms with Gasteiger partial charge >= 0.3 is 6.09 Å². The quantitative estimate of drug-likeness (QED) is 0.285. The summed E-state index contributed by atoms with van der Waals surface area (Å²) < 4.78 is 5.35. The Morgan fingerprint density at radius 3 is 2.34 bits per heavy atom. The molecule has 0 bridgehead atoms. The van der Waals surface area contributed by atoms with Crippen LogP contribution in [0, 0.1) is 6.92 Å². The van der Waals surface area contributed by atoms with Crippen LogP contribution in [0.2, 0.25) is 0 Å². The fourth-order valence-corrected chi connectivity index (χ4v) is 4.45. The van der Waals surface area contributed by atoms with E-state index in [-0.39, 0.29) is 19.4 Å². The Morgan fingerprint density at radius 1 is 1.00 bits per heavy atom. The first-order valence-corrected chi connectivity index (χ1v) is 13.4. The normalized spacial score (nSPS) is 12.6. The molecule has 0 spiro atoms. The van der Waals surface area contributed by atoms with Crippen molar-refractivity contribution in [1.82, 2.24) is 10.2 Å². The second kappa shape index (κ2) is 13.6. The van der Waals surface area contributed by atoms with Crippen LogP contribution in [0.15, 0.2) is 79.4 Å². The molecule has 4 N–H and O–H groups in total. The molecule has 2 atom stereocenters. The van der Waals surface area contributed by atoms with Crippen molar-refractivity contribution in [2.75, 3.05) is 11.9 Å². The molecule has 9 heteroatoms. The average molecular weight is 559 g/mol. The van der Waals surface area contributed by atoms with E-state index >= 15 is 0 Å². The van der Waals surface area contributed by atoms with Crippen LogP contribution in [-0.4, -0.2) is 46.9 Å². The van der Waals surface area contributed by atoms with E-state index in [0.717, 1.165) is 16.3 Å². The molecule has 9 nitrogen and oxygen atoms in total. The van der Waals surface area contributed by atoms with Crippen LogP contribution in [0.4, 0.5) is 10.5 Å². The summed E-state index contributed by atoms with van der Waals surface area (Å²) in [5.41, 5.74) is 6.58. The van der Waals surface area contributed by atoms with Gasteiger partial charge in [-0.05, 0) is 62.6 Å². The lowest BCUT2D eigenvalue weighted by Crippen LogP contribution is -2.52. The molecule has 0 aliphatic heterocycles. The van der Waals surface area contributed by atoms with Gasteiger partial charge < -0.3 is 26.0 Å². The van der Waals surface area contributed by atoms with Crippen LogP contribution in [0.3, 0.4) is 0 Å². The number of alkyl carbamates (subject to hydrolysis) is 1. The standard InChI is InChI=1S/C32H38N4O5/c1-6-18-36(30(39)26(16-17-27(33)37)35-31(40)41-32(3,4)5)28(24-13-9-10-21(2)19-24)29(38)34-25-15-14-22-11-7-8-12-23(22)20-25/h6-15,19-20,26,28H,1,16-18H2,2-5H3,(H2,33,37)(H,34,38)(H,35,40). The number of amides is 4. The Balaban J connectivity index is 2.01. The van der Waals surface area contributed by atoms with E-state index in [1.54, 1.807) is 39.0 Å². The molecule has 0 aromatic heterocycles. The number of hydrogen-bond donors (Lipinski definition) is 3. The monoisotopic (exact) mass is 558 g/mol. The molecule has 41 heavy (non-hydrogen) atoms. The van der Waals surface area contributed by atoms with Crippen molar-refractivity contribution < 1.29 is 23.9 Å². The summed E-state index contributed by atoms with van der Waals surface area (Å²) in [6.45, 7) is 10.8. The van der Waals surface area contributed by atoms with Gasteiger partial charge in [-0.15, -0.1) is 6.58 Å². The van der Waals surface area contributed by atoms with Crippen LogP contribution in [0.1, 0.15) is 50.8 Å². The predicted molar refractivity (Wildman–Crippen MR) is 160 cm³/mol. The summed E-state index contributed by atoms with van der Waals surface area (Å²) in [5, 5.41) is 7.49. The smallest absolute Gasteiger partial charge is 0.408 e. The summed E-state index contributed by atoms with van der Waals surface area (Å²) in [6, 6.07) is 18.4. The van der Waals surface area contributed by atoms with Gasteiger partial charge in [0.2, 0.25) is 11.8 Å². The van der Waals surface area contributed by atoms with Crippen molar-refractivity contribution in [3.05, 3.63) is 90.5 Å². The fourth-order valence-electron chi connectivity index (χ4n) is 4.45. The highest BCUT2D eigenvalue weighted by Gasteiger charge is 2.36. The number of aryl methyl sites for hydroxylation is 1. The lowest BCUT2D eigenvalue weighted by Gasteiger charge is -2.34. The lowest BCUT2D eigenvalue weighted by molar-refractivity contribution is -0.140. The van der Waals surface area contributed by atoms with Crippen LogP contribution < -0.4 is 16.4 Å². The minimum absolute atomic E-state index is 0.00828. The molecule has 216 valence electrons. The number of hydrogen-bond acceptors (Lipinski definition) is 5. The van der Waals surface area contributed by atoms with E-state index in [2.05, 4.69) is 17.2 Å². The summed E-state index contributed by atoms with van der Waals surface area (Å²) in [7, 11) is 0. The third-order valence-corrected chi connectivity index (χ3v) is 6.21. The van der Waals surface area contributed by atoms with Gasteiger partial charge in [-0.2, -0.15) is 0 Å². The number of nitrogens with zero attached hydrogens (tertiary/aromatic N) is 1. The van der Waals surface area contributed by atoms with Crippen LogP contribution in [-0.2, 0) is 19.1 Å². The van der Waals surface area contributed by atoms with Gasteiger partial charge in [0, 0.05) is 18.7 Å². The molecule has 0 aliphatic carbocycles. The maximum Gasteiger partial charge on any atom is 0.408 e. The number of carbonyl (C=O) groups excluding carboxylic acids is 4. The van der Waals surface area contributed by atoms with Crippen molar-refractivity contribution in [3.63, 3.8) is 0 Å². The van der Waals surface area contributed by atoms with Gasteiger partial charge in [-0.1, -0.05) is 66.2 Å². The van der Waals surface area contributed by atoms with Crippen molar-refractivity contribution in [2.45, 2.75) is 58.2 Å². The third kappa shape index (κ3) is 8.93. The number of primary amides is 1. The molecule has 0 aliphatic rings. The number of fused-ring (bicyclic) bond motifs is 1. The molecule has 3 rings (SSSR count). The molecular formula is C32H38N4O5. The first-order valence-electron chi connectivity index (χ1n) is 13.4. The molecule has 2 unspecified atom stereocenters. The summed E-state index contributed by atoms with van der Waals surface area (Å²) in [6.07, 6.45) is 0.440. The largest absolute Gasteiger partial charge is 0.444 e. The molecule has 4 amide bonds. The Kier molecular flexibility index (Phi) is 10.2. The van der Waals surface area contributed by atoms with Gasteiger partial charge in [0.05, 0.1) is 0 Å². The van der Waals surface area contributed by atoms with Crippen molar-refractivity contribution in [1.29, 1.82) is 0 Å². The van der Waals surface area contributed by atoms with Gasteiger partial charge in [-0.25, -0.2) is 4.79 Å². The second-order valence-electron chi connectivity index (χ2n) is 10.9. The van der Waals surface area contributed by atoms with Crippen LogP contribution in [0.5, 0.6) is 0 Å². The Bertz CT molecular complexity index is 1430. The highest BCUT2D eigenvalue weighted by Crippen LogP contribution is 2.27. The van der Waals surface area contributed by atoms with Crippen molar-refractivity contribution >= 4 is 40.3 Å². The topological polar surface area (TPSA) is 131 Å². The molecule has 3 aromatic carbocycles. The second-order valence-corrected chi connectivity index (χ2v) is 10.9. The lowest BCUT2D eigenvalue weighted by atomic mass is 9.99. The zero-order valence-electron chi connectivity index (χ0n) is 24.0. The van der Waals surface area contributed by atoms with Crippen molar-refractivity contribution in [2.24, 2.45) is 5.73 Å². The molecule has 0 saturated carbocycles. The van der Waals surface area contributed by atoms with Crippen LogP contribution in [0.25, 0.3) is 10.8 Å². The highest BCUT2D eigenvalue weighted by atomic mass is 16.6. The molecule has 3 aromatic rings. The number of nitrogens with one attached hydrogen (secondary N) is 2. The zero-order chi connectivity index (χ0) is 30.2. The molecule has 0 saturated heterocycles. The van der Waals surface area contributed by atoms with Gasteiger partial charge in [-0.3, -0.25) is 14.4 Å². The average Bonchev–Trinajstić information content (AvgIpc) is 2.89. The minimum atomic E-state index is -1.18. The molecule has 0 fully saturated rings. The minimum Gasteiger partial charge on any atom is -0.444 e. The van der Waals surface area contributed by atoms with E-state index in [4.69, 9.17) is 10.5 Å². The van der Waals surface area contributed by atoms with Gasteiger partial charge in [0.15, 0.2) is 0 Å². The summed E-state index contributed by atoms with van der Waals surface area (Å²) >= 11 is 0.